The Morgan fingerprint density at radius 3 is 1.85 bits per heavy atom. The monoisotopic (exact) mass is 525 g/mol. The maximum atomic E-state index is 9.29. The number of benzene rings is 2. The summed E-state index contributed by atoms with van der Waals surface area (Å²) in [7, 11) is 0. The first kappa shape index (κ1) is 24.7. The number of aromatic nitrogens is 3. The second kappa shape index (κ2) is 10.6. The lowest BCUT2D eigenvalue weighted by molar-refractivity contribution is 0.670. The molecule has 0 radical (unpaired) electrons. The number of hydrogen-bond donors (Lipinski definition) is 0. The number of thiophene rings is 1. The predicted octanol–water partition coefficient (Wildman–Crippen LogP) is 3.81. The van der Waals surface area contributed by atoms with Crippen molar-refractivity contribution in [3.63, 3.8) is 0 Å². The van der Waals surface area contributed by atoms with Gasteiger partial charge in [0.1, 0.15) is 11.4 Å². The first-order chi connectivity index (χ1) is 19.1. The maximum Gasteiger partial charge on any atom is 0.182 e. The predicted molar refractivity (Wildman–Crippen MR) is 156 cm³/mol. The highest BCUT2D eigenvalue weighted by atomic mass is 32.1. The average molecular weight is 526 g/mol. The van der Waals surface area contributed by atoms with Crippen molar-refractivity contribution >= 4 is 46.6 Å². The molecule has 4 heterocycles. The van der Waals surface area contributed by atoms with Crippen LogP contribution in [-0.4, -0.2) is 26.7 Å². The summed E-state index contributed by atoms with van der Waals surface area (Å²) in [5.41, 5.74) is 2.95. The van der Waals surface area contributed by atoms with Gasteiger partial charge >= 0.3 is 0 Å². The number of unbranched alkanes of at least 4 members (excludes halogenated alkanes) is 3. The van der Waals surface area contributed by atoms with Crippen LogP contribution in [0.4, 0.5) is 0 Å². The lowest BCUT2D eigenvalue weighted by Crippen LogP contribution is -2.10. The minimum absolute atomic E-state index is 0.451. The van der Waals surface area contributed by atoms with Crippen LogP contribution in [0.3, 0.4) is 0 Å². The Bertz CT molecular complexity index is 1860. The van der Waals surface area contributed by atoms with Gasteiger partial charge in [0.05, 0.1) is 15.6 Å². The molecule has 0 saturated carbocycles. The molecule has 2 aliphatic heterocycles. The zero-order chi connectivity index (χ0) is 26.8. The van der Waals surface area contributed by atoms with Crippen molar-refractivity contribution in [2.75, 3.05) is 0 Å². The van der Waals surface area contributed by atoms with Crippen LogP contribution >= 0.6 is 11.3 Å². The first-order valence-electron chi connectivity index (χ1n) is 12.9. The van der Waals surface area contributed by atoms with Crippen molar-refractivity contribution in [2.45, 2.75) is 39.0 Å². The largest absolute Gasteiger partial charge is 0.763 e. The highest BCUT2D eigenvalue weighted by Crippen LogP contribution is 2.30. The summed E-state index contributed by atoms with van der Waals surface area (Å²) < 4.78 is 0. The quantitative estimate of drug-likeness (QED) is 0.258. The zero-order valence-corrected chi connectivity index (χ0v) is 22.2. The highest BCUT2D eigenvalue weighted by molar-refractivity contribution is 7.15. The number of fused-ring (bicyclic) bond motifs is 2. The minimum atomic E-state index is 0.451. The summed E-state index contributed by atoms with van der Waals surface area (Å²) in [4.78, 5) is 26.2. The van der Waals surface area contributed by atoms with E-state index in [-0.39, 0.29) is 0 Å². The van der Waals surface area contributed by atoms with Gasteiger partial charge in [0.15, 0.2) is 17.5 Å². The van der Waals surface area contributed by atoms with E-state index in [9.17, 15) is 10.8 Å². The molecule has 39 heavy (non-hydrogen) atoms. The molecule has 0 bridgehead atoms. The molecule has 0 fully saturated rings. The van der Waals surface area contributed by atoms with E-state index in [1.54, 1.807) is 23.5 Å². The topological polar surface area (TPSA) is 108 Å². The Morgan fingerprint density at radius 1 is 0.692 bits per heavy atom. The normalized spacial score (nSPS) is 12.9. The summed E-state index contributed by atoms with van der Waals surface area (Å²) in [5.74, 6) is 5.84. The van der Waals surface area contributed by atoms with Gasteiger partial charge in [0.25, 0.3) is 0 Å². The fourth-order valence-corrected chi connectivity index (χ4v) is 5.59. The third-order valence-corrected chi connectivity index (χ3v) is 7.77. The van der Waals surface area contributed by atoms with Gasteiger partial charge in [-0.15, -0.1) is 11.3 Å². The summed E-state index contributed by atoms with van der Waals surface area (Å²) in [5, 5.41) is 21.3. The van der Waals surface area contributed by atoms with Gasteiger partial charge in [-0.3, -0.25) is 11.7 Å². The Labute approximate surface area is 229 Å². The van der Waals surface area contributed by atoms with Gasteiger partial charge in [0.2, 0.25) is 0 Å². The Kier molecular flexibility index (Phi) is 6.74. The molecule has 7 nitrogen and oxygen atoms in total. The third kappa shape index (κ3) is 5.09. The molecular formula is C31H23N7S-2. The van der Waals surface area contributed by atoms with E-state index in [1.165, 1.54) is 30.6 Å². The van der Waals surface area contributed by atoms with Gasteiger partial charge in [-0.25, -0.2) is 24.9 Å². The second-order valence-corrected chi connectivity index (χ2v) is 10.6. The fourth-order valence-electron chi connectivity index (χ4n) is 4.60. The van der Waals surface area contributed by atoms with E-state index >= 15 is 0 Å². The third-order valence-electron chi connectivity index (χ3n) is 6.63. The summed E-state index contributed by atoms with van der Waals surface area (Å²) in [6, 6.07) is 15.1. The molecule has 6 rings (SSSR count). The van der Waals surface area contributed by atoms with E-state index in [4.69, 9.17) is 24.9 Å². The SMILES string of the molecule is CCCCCCc1ccc(-c2nc(C3=Cc4cc(=C=[N-])ccc4=N3)nc(C3=Cc4cc(=C=[N-])ccc4=N3)n2)s1. The van der Waals surface area contributed by atoms with Crippen molar-refractivity contribution in [2.24, 2.45) is 9.98 Å². The molecule has 2 aromatic carbocycles. The van der Waals surface area contributed by atoms with Crippen molar-refractivity contribution in [3.05, 3.63) is 108 Å². The molecule has 0 atom stereocenters. The molecule has 0 unspecified atom stereocenters. The van der Waals surface area contributed by atoms with Crippen LogP contribution < -0.4 is 21.2 Å². The molecule has 2 aliphatic rings. The standard InChI is InChI=1S/C31H23N7S/c1-2-3-4-5-6-23-9-12-28(39-23)31-37-29(26-15-21-13-19(17-32)7-10-24(21)34-26)36-30(38-31)27-16-22-14-20(18-33)8-11-25(22)35-27/h7-16H,2-6H2,1H3/q-2. The maximum absolute atomic E-state index is 9.29. The molecule has 0 N–H and O–H groups in total. The average Bonchev–Trinajstić information content (AvgIpc) is 3.72. The van der Waals surface area contributed by atoms with Crippen molar-refractivity contribution < 1.29 is 0 Å². The number of hydrogen-bond acceptors (Lipinski definition) is 6. The van der Waals surface area contributed by atoms with Crippen LogP contribution in [0, 0.1) is 0 Å². The van der Waals surface area contributed by atoms with Crippen molar-refractivity contribution in [1.29, 1.82) is 0 Å². The smallest absolute Gasteiger partial charge is 0.182 e. The van der Waals surface area contributed by atoms with Crippen molar-refractivity contribution in [3.8, 4) is 10.7 Å². The lowest BCUT2D eigenvalue weighted by Gasteiger charge is -2.05. The van der Waals surface area contributed by atoms with Crippen LogP contribution in [-0.2, 0) is 6.42 Å². The Balaban J connectivity index is 1.42. The van der Waals surface area contributed by atoms with E-state index in [0.29, 0.717) is 39.3 Å². The molecule has 2 aromatic heterocycles. The molecule has 8 heteroatoms. The van der Waals surface area contributed by atoms with E-state index in [0.717, 1.165) is 33.1 Å². The Hall–Kier alpha value is -4.61. The Morgan fingerprint density at radius 2 is 1.28 bits per heavy atom. The number of nitrogens with zero attached hydrogens (tertiary/aromatic N) is 7. The van der Waals surface area contributed by atoms with E-state index in [2.05, 4.69) is 30.8 Å². The second-order valence-electron chi connectivity index (χ2n) is 9.44. The summed E-state index contributed by atoms with van der Waals surface area (Å²) >= 11 is 1.71. The molecular weight excluding hydrogens is 502 g/mol. The number of aryl methyl sites for hydroxylation is 1. The van der Waals surface area contributed by atoms with Crippen LogP contribution in [0.2, 0.25) is 0 Å². The molecule has 0 amide bonds. The van der Waals surface area contributed by atoms with Crippen LogP contribution in [0.1, 0.15) is 60.3 Å². The van der Waals surface area contributed by atoms with Gasteiger partial charge in [-0.2, -0.15) is 0 Å². The molecule has 0 aliphatic carbocycles. The lowest BCUT2D eigenvalue weighted by atomic mass is 10.1. The molecule has 0 saturated heterocycles. The van der Waals surface area contributed by atoms with Crippen LogP contribution in [0.25, 0.3) is 45.1 Å². The van der Waals surface area contributed by atoms with Gasteiger partial charge in [0, 0.05) is 16.0 Å². The van der Waals surface area contributed by atoms with Crippen molar-refractivity contribution in [1.82, 2.24) is 15.0 Å². The van der Waals surface area contributed by atoms with Gasteiger partial charge in [-0.1, -0.05) is 26.2 Å². The van der Waals surface area contributed by atoms with E-state index < -0.39 is 0 Å². The zero-order valence-electron chi connectivity index (χ0n) is 21.3. The van der Waals surface area contributed by atoms with Gasteiger partial charge < -0.3 is 10.8 Å². The molecule has 4 aromatic rings. The van der Waals surface area contributed by atoms with Crippen LogP contribution in [0.15, 0.2) is 58.5 Å². The van der Waals surface area contributed by atoms with E-state index in [1.807, 2.05) is 36.4 Å². The van der Waals surface area contributed by atoms with Gasteiger partial charge in [-0.05, 0) is 84.0 Å². The molecule has 0 spiro atoms. The summed E-state index contributed by atoms with van der Waals surface area (Å²) in [6.07, 6.45) is 9.73. The van der Waals surface area contributed by atoms with Crippen LogP contribution in [0.5, 0.6) is 0 Å². The number of rotatable bonds is 8. The summed E-state index contributed by atoms with van der Waals surface area (Å²) in [6.45, 7) is 2.22. The minimum Gasteiger partial charge on any atom is -0.763 e. The molecule has 190 valence electrons. The highest BCUT2D eigenvalue weighted by Gasteiger charge is 2.19. The fraction of sp³-hybridized carbons (Fsp3) is 0.194. The first-order valence-corrected chi connectivity index (χ1v) is 13.8.